The lowest BCUT2D eigenvalue weighted by Gasteiger charge is -2.19. The summed E-state index contributed by atoms with van der Waals surface area (Å²) >= 11 is 0. The van der Waals surface area contributed by atoms with E-state index in [1.54, 1.807) is 18.2 Å². The Hall–Kier alpha value is -2.30. The maximum atomic E-state index is 12.2. The molecule has 5 nitrogen and oxygen atoms in total. The van der Waals surface area contributed by atoms with E-state index >= 15 is 0 Å². The van der Waals surface area contributed by atoms with Crippen molar-refractivity contribution in [3.8, 4) is 5.75 Å². The lowest BCUT2D eigenvalue weighted by molar-refractivity contribution is -0.121. The minimum atomic E-state index is -0.115. The molecule has 0 fully saturated rings. The molecule has 2 rings (SSSR count). The van der Waals surface area contributed by atoms with Crippen molar-refractivity contribution in [2.45, 2.75) is 52.6 Å². The number of amides is 1. The van der Waals surface area contributed by atoms with Crippen molar-refractivity contribution in [2.75, 3.05) is 0 Å². The molecule has 0 saturated carbocycles. The Bertz CT molecular complexity index is 699. The molecule has 2 N–H and O–H groups in total. The van der Waals surface area contributed by atoms with E-state index < -0.39 is 0 Å². The zero-order chi connectivity index (χ0) is 17.2. The number of carbonyl (C=O) groups is 1. The summed E-state index contributed by atoms with van der Waals surface area (Å²) in [4.78, 5) is 12.2. The fourth-order valence-electron chi connectivity index (χ4n) is 2.46. The van der Waals surface area contributed by atoms with Gasteiger partial charge < -0.3 is 10.4 Å². The van der Waals surface area contributed by atoms with Crippen molar-refractivity contribution in [2.24, 2.45) is 0 Å². The minimum Gasteiger partial charge on any atom is -0.508 e. The third-order valence-electron chi connectivity index (χ3n) is 3.74. The molecule has 124 valence electrons. The van der Waals surface area contributed by atoms with Crippen molar-refractivity contribution in [1.82, 2.24) is 15.1 Å². The number of rotatable bonds is 4. The average Bonchev–Trinajstić information content (AvgIpc) is 2.80. The molecule has 0 bridgehead atoms. The molecule has 0 aliphatic heterocycles. The van der Waals surface area contributed by atoms with Crippen molar-refractivity contribution in [3.63, 3.8) is 0 Å². The van der Waals surface area contributed by atoms with Gasteiger partial charge in [-0.1, -0.05) is 12.1 Å². The number of benzene rings is 1. The van der Waals surface area contributed by atoms with Gasteiger partial charge in [-0.05, 0) is 52.3 Å². The number of aromatic nitrogens is 2. The molecule has 0 radical (unpaired) electrons. The highest BCUT2D eigenvalue weighted by molar-refractivity contribution is 5.79. The van der Waals surface area contributed by atoms with Crippen molar-refractivity contribution in [3.05, 3.63) is 47.3 Å². The molecular weight excluding hydrogens is 290 g/mol. The van der Waals surface area contributed by atoms with Gasteiger partial charge in [-0.3, -0.25) is 9.48 Å². The number of carbonyl (C=O) groups excluding carboxylic acids is 1. The first-order valence-corrected chi connectivity index (χ1v) is 7.80. The molecule has 23 heavy (non-hydrogen) atoms. The molecule has 0 spiro atoms. The van der Waals surface area contributed by atoms with E-state index in [0.29, 0.717) is 0 Å². The number of nitrogens with zero attached hydrogens (tertiary/aromatic N) is 2. The molecule has 0 aliphatic rings. The summed E-state index contributed by atoms with van der Waals surface area (Å²) in [7, 11) is 0. The third kappa shape index (κ3) is 4.34. The Kier molecular flexibility index (Phi) is 4.78. The van der Waals surface area contributed by atoms with E-state index in [-0.39, 0.29) is 29.7 Å². The van der Waals surface area contributed by atoms with Crippen LogP contribution in [0.1, 0.15) is 50.6 Å². The summed E-state index contributed by atoms with van der Waals surface area (Å²) in [5.74, 6) is 0.0941. The van der Waals surface area contributed by atoms with Gasteiger partial charge >= 0.3 is 0 Å². The van der Waals surface area contributed by atoms with Crippen LogP contribution in [0, 0.1) is 6.92 Å². The van der Waals surface area contributed by atoms with Crippen molar-refractivity contribution >= 4 is 5.91 Å². The number of phenols is 1. The lowest BCUT2D eigenvalue weighted by Crippen LogP contribution is -2.28. The number of aromatic hydroxyl groups is 1. The van der Waals surface area contributed by atoms with Gasteiger partial charge in [-0.15, -0.1) is 0 Å². The highest BCUT2D eigenvalue weighted by Crippen LogP contribution is 2.21. The first-order valence-electron chi connectivity index (χ1n) is 7.80. The van der Waals surface area contributed by atoms with Crippen LogP contribution in [0.15, 0.2) is 30.5 Å². The van der Waals surface area contributed by atoms with E-state index in [2.05, 4.69) is 31.2 Å². The van der Waals surface area contributed by atoms with Crippen LogP contribution in [-0.2, 0) is 16.8 Å². The maximum Gasteiger partial charge on any atom is 0.224 e. The van der Waals surface area contributed by atoms with Crippen LogP contribution < -0.4 is 5.32 Å². The average molecular weight is 315 g/mol. The van der Waals surface area contributed by atoms with Crippen LogP contribution in [0.2, 0.25) is 0 Å². The number of hydrogen-bond acceptors (Lipinski definition) is 3. The summed E-state index contributed by atoms with van der Waals surface area (Å²) in [6.45, 7) is 10.2. The number of aryl methyl sites for hydroxylation is 1. The number of phenolic OH excluding ortho intramolecular Hbond substituents is 1. The standard InChI is InChI=1S/C18H25N3O2/c1-12(16-11-21(18(3,4)5)20-13(16)2)19-17(23)10-14-7-6-8-15(22)9-14/h6-9,11-12,22H,10H2,1-5H3,(H,19,23)/t12-/m1/s1. The van der Waals surface area contributed by atoms with E-state index in [1.807, 2.05) is 30.8 Å². The molecule has 1 heterocycles. The molecule has 1 aromatic heterocycles. The second kappa shape index (κ2) is 6.44. The van der Waals surface area contributed by atoms with Gasteiger partial charge in [0.2, 0.25) is 5.91 Å². The van der Waals surface area contributed by atoms with E-state index in [9.17, 15) is 9.90 Å². The minimum absolute atomic E-state index is 0.0778. The Morgan fingerprint density at radius 2 is 2.09 bits per heavy atom. The third-order valence-corrected chi connectivity index (χ3v) is 3.74. The topological polar surface area (TPSA) is 67.2 Å². The Labute approximate surface area is 137 Å². The predicted molar refractivity (Wildman–Crippen MR) is 90.3 cm³/mol. The monoisotopic (exact) mass is 315 g/mol. The molecule has 0 aliphatic carbocycles. The van der Waals surface area contributed by atoms with Crippen LogP contribution in [0.5, 0.6) is 5.75 Å². The van der Waals surface area contributed by atoms with Gasteiger partial charge in [0.25, 0.3) is 0 Å². The summed E-state index contributed by atoms with van der Waals surface area (Å²) in [5, 5.41) is 17.0. The summed E-state index contributed by atoms with van der Waals surface area (Å²) < 4.78 is 1.93. The molecule has 2 aromatic rings. The summed E-state index contributed by atoms with van der Waals surface area (Å²) in [6, 6.07) is 6.64. The van der Waals surface area contributed by atoms with Gasteiger partial charge in [-0.2, -0.15) is 5.10 Å². The zero-order valence-corrected chi connectivity index (χ0v) is 14.4. The predicted octanol–water partition coefficient (Wildman–Crippen LogP) is 3.07. The van der Waals surface area contributed by atoms with Gasteiger partial charge in [-0.25, -0.2) is 0 Å². The smallest absolute Gasteiger partial charge is 0.224 e. The van der Waals surface area contributed by atoms with E-state index in [4.69, 9.17) is 0 Å². The zero-order valence-electron chi connectivity index (χ0n) is 14.4. The van der Waals surface area contributed by atoms with E-state index in [1.165, 1.54) is 0 Å². The second-order valence-corrected chi connectivity index (χ2v) is 6.92. The second-order valence-electron chi connectivity index (χ2n) is 6.92. The molecule has 0 saturated heterocycles. The first-order chi connectivity index (χ1) is 10.7. The first kappa shape index (κ1) is 17.1. The van der Waals surface area contributed by atoms with Crippen LogP contribution >= 0.6 is 0 Å². The number of hydrogen-bond donors (Lipinski definition) is 2. The normalized spacial score (nSPS) is 12.9. The fourth-order valence-corrected chi connectivity index (χ4v) is 2.46. The Morgan fingerprint density at radius 3 is 2.65 bits per heavy atom. The van der Waals surface area contributed by atoms with E-state index in [0.717, 1.165) is 16.8 Å². The van der Waals surface area contributed by atoms with Gasteiger partial charge in [0.05, 0.1) is 23.7 Å². The van der Waals surface area contributed by atoms with Gasteiger partial charge in [0.15, 0.2) is 0 Å². The van der Waals surface area contributed by atoms with Crippen LogP contribution in [0.3, 0.4) is 0 Å². The Morgan fingerprint density at radius 1 is 1.39 bits per heavy atom. The largest absolute Gasteiger partial charge is 0.508 e. The summed E-state index contributed by atoms with van der Waals surface area (Å²) in [5.41, 5.74) is 2.64. The highest BCUT2D eigenvalue weighted by Gasteiger charge is 2.20. The molecule has 1 atom stereocenters. The van der Waals surface area contributed by atoms with Crippen LogP contribution in [0.4, 0.5) is 0 Å². The highest BCUT2D eigenvalue weighted by atomic mass is 16.3. The Balaban J connectivity index is 2.05. The molecule has 5 heteroatoms. The quantitative estimate of drug-likeness (QED) is 0.911. The van der Waals surface area contributed by atoms with Gasteiger partial charge in [0.1, 0.15) is 5.75 Å². The van der Waals surface area contributed by atoms with Crippen LogP contribution in [0.25, 0.3) is 0 Å². The molecule has 1 aromatic carbocycles. The summed E-state index contributed by atoms with van der Waals surface area (Å²) in [6.07, 6.45) is 2.24. The van der Waals surface area contributed by atoms with Crippen LogP contribution in [-0.4, -0.2) is 20.8 Å². The SMILES string of the molecule is Cc1nn(C(C)(C)C)cc1[C@@H](C)NC(=O)Cc1cccc(O)c1. The number of nitrogens with one attached hydrogen (secondary N) is 1. The molecule has 1 amide bonds. The lowest BCUT2D eigenvalue weighted by atomic mass is 10.1. The molecule has 0 unspecified atom stereocenters. The molecular formula is C18H25N3O2. The fraction of sp³-hybridized carbons (Fsp3) is 0.444. The van der Waals surface area contributed by atoms with Gasteiger partial charge in [0, 0.05) is 11.8 Å². The maximum absolute atomic E-state index is 12.2. The van der Waals surface area contributed by atoms with Crippen molar-refractivity contribution < 1.29 is 9.90 Å². The van der Waals surface area contributed by atoms with Crippen molar-refractivity contribution in [1.29, 1.82) is 0 Å².